The summed E-state index contributed by atoms with van der Waals surface area (Å²) in [7, 11) is 3.19. The van der Waals surface area contributed by atoms with E-state index in [2.05, 4.69) is 15.4 Å². The number of alkyl halides is 3. The highest BCUT2D eigenvalue weighted by Crippen LogP contribution is 2.29. The average Bonchev–Trinajstić information content (AvgIpc) is 3.07. The predicted molar refractivity (Wildman–Crippen MR) is 91.5 cm³/mol. The van der Waals surface area contributed by atoms with Gasteiger partial charge in [-0.1, -0.05) is 24.3 Å². The molecule has 0 fully saturated rings. The molecule has 0 saturated heterocycles. The zero-order chi connectivity index (χ0) is 19.6. The van der Waals surface area contributed by atoms with Crippen LogP contribution in [0.5, 0.6) is 0 Å². The number of tetrazole rings is 1. The molecule has 0 radical (unpaired) electrons. The Kier molecular flexibility index (Phi) is 4.93. The van der Waals surface area contributed by atoms with Gasteiger partial charge < -0.3 is 4.90 Å². The summed E-state index contributed by atoms with van der Waals surface area (Å²) in [4.78, 5) is 15.2. The molecule has 0 N–H and O–H groups in total. The van der Waals surface area contributed by atoms with Crippen molar-refractivity contribution >= 4 is 5.91 Å². The van der Waals surface area contributed by atoms with Gasteiger partial charge >= 0.3 is 6.18 Å². The SMILES string of the molecule is CN(Cc1cccc(C(F)(F)F)c1)C(=O)c1ccc(-c2nnn(C)n2)cc1. The van der Waals surface area contributed by atoms with Crippen molar-refractivity contribution in [2.24, 2.45) is 7.05 Å². The number of benzene rings is 2. The molecule has 9 heteroatoms. The Labute approximate surface area is 153 Å². The molecule has 140 valence electrons. The molecule has 3 aromatic rings. The molecular weight excluding hydrogens is 359 g/mol. The van der Waals surface area contributed by atoms with E-state index in [1.165, 1.54) is 15.8 Å². The molecule has 0 aliphatic rings. The Bertz CT molecular complexity index is 950. The second kappa shape index (κ2) is 7.18. The van der Waals surface area contributed by atoms with E-state index in [4.69, 9.17) is 0 Å². The molecule has 2 aromatic carbocycles. The lowest BCUT2D eigenvalue weighted by Crippen LogP contribution is -2.26. The van der Waals surface area contributed by atoms with Crippen LogP contribution in [0.25, 0.3) is 11.4 Å². The van der Waals surface area contributed by atoms with Crippen molar-refractivity contribution in [1.29, 1.82) is 0 Å². The van der Waals surface area contributed by atoms with Crippen LogP contribution in [0, 0.1) is 0 Å². The van der Waals surface area contributed by atoms with E-state index in [-0.39, 0.29) is 12.5 Å². The van der Waals surface area contributed by atoms with Gasteiger partial charge in [-0.2, -0.15) is 18.0 Å². The van der Waals surface area contributed by atoms with Gasteiger partial charge in [-0.3, -0.25) is 4.79 Å². The number of rotatable bonds is 4. The fourth-order valence-corrected chi connectivity index (χ4v) is 2.57. The normalized spacial score (nSPS) is 11.4. The van der Waals surface area contributed by atoms with Crippen LogP contribution < -0.4 is 0 Å². The standard InChI is InChI=1S/C18H16F3N5O/c1-25(11-12-4-3-5-15(10-12)18(19,20)21)17(27)14-8-6-13(7-9-14)16-22-24-26(2)23-16/h3-10H,11H2,1-2H3. The summed E-state index contributed by atoms with van der Waals surface area (Å²) in [6, 6.07) is 11.6. The van der Waals surface area contributed by atoms with Crippen molar-refractivity contribution in [1.82, 2.24) is 25.1 Å². The van der Waals surface area contributed by atoms with Gasteiger partial charge in [-0.15, -0.1) is 10.2 Å². The largest absolute Gasteiger partial charge is 0.416 e. The van der Waals surface area contributed by atoms with E-state index in [0.29, 0.717) is 22.5 Å². The number of nitrogens with zero attached hydrogens (tertiary/aromatic N) is 5. The quantitative estimate of drug-likeness (QED) is 0.703. The highest BCUT2D eigenvalue weighted by atomic mass is 19.4. The van der Waals surface area contributed by atoms with Crippen LogP contribution in [0.1, 0.15) is 21.5 Å². The van der Waals surface area contributed by atoms with E-state index in [1.807, 2.05) is 0 Å². The van der Waals surface area contributed by atoms with E-state index in [9.17, 15) is 18.0 Å². The molecule has 27 heavy (non-hydrogen) atoms. The molecule has 0 saturated carbocycles. The maximum atomic E-state index is 12.8. The molecule has 3 rings (SSSR count). The number of aromatic nitrogens is 4. The van der Waals surface area contributed by atoms with Crippen molar-refractivity contribution in [2.45, 2.75) is 12.7 Å². The molecule has 0 spiro atoms. The lowest BCUT2D eigenvalue weighted by atomic mass is 10.1. The third-order valence-electron chi connectivity index (χ3n) is 3.92. The van der Waals surface area contributed by atoms with Crippen LogP contribution in [0.4, 0.5) is 13.2 Å². The Hall–Kier alpha value is -3.23. The second-order valence-corrected chi connectivity index (χ2v) is 6.04. The summed E-state index contributed by atoms with van der Waals surface area (Å²) in [6.45, 7) is 0.0657. The monoisotopic (exact) mass is 375 g/mol. The summed E-state index contributed by atoms with van der Waals surface area (Å²) >= 11 is 0. The molecule has 0 aliphatic carbocycles. The third-order valence-corrected chi connectivity index (χ3v) is 3.92. The number of halogens is 3. The van der Waals surface area contributed by atoms with Gasteiger partial charge in [0.1, 0.15) is 0 Å². The van der Waals surface area contributed by atoms with Gasteiger partial charge in [0, 0.05) is 24.7 Å². The molecular formula is C18H16F3N5O. The summed E-state index contributed by atoms with van der Waals surface area (Å²) in [5.41, 5.74) is 0.792. The van der Waals surface area contributed by atoms with Gasteiger partial charge in [0.25, 0.3) is 5.91 Å². The molecule has 1 aromatic heterocycles. The summed E-state index contributed by atoms with van der Waals surface area (Å²) in [6.07, 6.45) is -4.41. The molecule has 0 atom stereocenters. The predicted octanol–water partition coefficient (Wildman–Crippen LogP) is 3.17. The Morgan fingerprint density at radius 1 is 1.15 bits per heavy atom. The first-order valence-corrected chi connectivity index (χ1v) is 8.00. The lowest BCUT2D eigenvalue weighted by molar-refractivity contribution is -0.137. The minimum atomic E-state index is -4.41. The van der Waals surface area contributed by atoms with Crippen molar-refractivity contribution in [3.63, 3.8) is 0 Å². The molecule has 6 nitrogen and oxygen atoms in total. The second-order valence-electron chi connectivity index (χ2n) is 6.04. The number of aryl methyl sites for hydroxylation is 1. The van der Waals surface area contributed by atoms with Crippen molar-refractivity contribution in [3.05, 3.63) is 65.2 Å². The highest BCUT2D eigenvalue weighted by Gasteiger charge is 2.30. The van der Waals surface area contributed by atoms with E-state index in [1.54, 1.807) is 44.4 Å². The van der Waals surface area contributed by atoms with Gasteiger partial charge in [-0.25, -0.2) is 0 Å². The minimum absolute atomic E-state index is 0.0657. The zero-order valence-electron chi connectivity index (χ0n) is 14.6. The van der Waals surface area contributed by atoms with Crippen molar-refractivity contribution < 1.29 is 18.0 Å². The van der Waals surface area contributed by atoms with Crippen LogP contribution in [0.3, 0.4) is 0 Å². The van der Waals surface area contributed by atoms with Gasteiger partial charge in [0.15, 0.2) is 0 Å². The molecule has 1 amide bonds. The third kappa shape index (κ3) is 4.30. The van der Waals surface area contributed by atoms with Gasteiger partial charge in [0.2, 0.25) is 5.82 Å². The lowest BCUT2D eigenvalue weighted by Gasteiger charge is -2.18. The maximum Gasteiger partial charge on any atom is 0.416 e. The maximum absolute atomic E-state index is 12.8. The minimum Gasteiger partial charge on any atom is -0.337 e. The molecule has 0 bridgehead atoms. The van der Waals surface area contributed by atoms with Crippen molar-refractivity contribution in [2.75, 3.05) is 7.05 Å². The van der Waals surface area contributed by atoms with Gasteiger partial charge in [-0.05, 0) is 35.0 Å². The van der Waals surface area contributed by atoms with E-state index < -0.39 is 11.7 Å². The Balaban J connectivity index is 1.72. The number of hydrogen-bond donors (Lipinski definition) is 0. The number of hydrogen-bond acceptors (Lipinski definition) is 4. The first kappa shape index (κ1) is 18.6. The first-order chi connectivity index (χ1) is 12.7. The molecule has 0 aliphatic heterocycles. The van der Waals surface area contributed by atoms with E-state index in [0.717, 1.165) is 12.1 Å². The Morgan fingerprint density at radius 2 is 1.85 bits per heavy atom. The van der Waals surface area contributed by atoms with Crippen LogP contribution in [0.2, 0.25) is 0 Å². The van der Waals surface area contributed by atoms with Gasteiger partial charge in [0.05, 0.1) is 12.6 Å². The number of carbonyl (C=O) groups is 1. The summed E-state index contributed by atoms with van der Waals surface area (Å²) in [5.74, 6) is 0.139. The van der Waals surface area contributed by atoms with Crippen LogP contribution >= 0.6 is 0 Å². The number of carbonyl (C=O) groups excluding carboxylic acids is 1. The summed E-state index contributed by atoms with van der Waals surface area (Å²) < 4.78 is 38.4. The molecule has 0 unspecified atom stereocenters. The molecule has 1 heterocycles. The zero-order valence-corrected chi connectivity index (χ0v) is 14.6. The smallest absolute Gasteiger partial charge is 0.337 e. The highest BCUT2D eigenvalue weighted by molar-refractivity contribution is 5.94. The number of amides is 1. The average molecular weight is 375 g/mol. The van der Waals surface area contributed by atoms with E-state index >= 15 is 0 Å². The summed E-state index contributed by atoms with van der Waals surface area (Å²) in [5, 5.41) is 11.7. The first-order valence-electron chi connectivity index (χ1n) is 8.00. The van der Waals surface area contributed by atoms with Crippen LogP contribution in [0.15, 0.2) is 48.5 Å². The Morgan fingerprint density at radius 3 is 2.44 bits per heavy atom. The fraction of sp³-hybridized carbons (Fsp3) is 0.222. The fourth-order valence-electron chi connectivity index (χ4n) is 2.57. The topological polar surface area (TPSA) is 63.9 Å². The van der Waals surface area contributed by atoms with Crippen LogP contribution in [-0.4, -0.2) is 38.1 Å². The van der Waals surface area contributed by atoms with Crippen LogP contribution in [-0.2, 0) is 19.8 Å². The van der Waals surface area contributed by atoms with Crippen molar-refractivity contribution in [3.8, 4) is 11.4 Å².